The highest BCUT2D eigenvalue weighted by atomic mass is 35.5. The Balaban J connectivity index is 2.08. The van der Waals surface area contributed by atoms with Crippen molar-refractivity contribution in [3.05, 3.63) is 35.0 Å². The molecule has 4 nitrogen and oxygen atoms in total. The summed E-state index contributed by atoms with van der Waals surface area (Å²) < 4.78 is 1.88. The summed E-state index contributed by atoms with van der Waals surface area (Å²) >= 11 is 5.99. The van der Waals surface area contributed by atoms with Crippen LogP contribution >= 0.6 is 11.6 Å². The van der Waals surface area contributed by atoms with Crippen LogP contribution in [0.3, 0.4) is 0 Å². The van der Waals surface area contributed by atoms with E-state index in [-0.39, 0.29) is 5.91 Å². The van der Waals surface area contributed by atoms with Crippen LogP contribution < -0.4 is 5.32 Å². The van der Waals surface area contributed by atoms with Gasteiger partial charge in [0.2, 0.25) is 0 Å². The van der Waals surface area contributed by atoms with Crippen molar-refractivity contribution in [2.75, 3.05) is 27.2 Å². The summed E-state index contributed by atoms with van der Waals surface area (Å²) in [5.74, 6) is -0.0430. The molecule has 108 valence electrons. The molecule has 20 heavy (non-hydrogen) atoms. The molecule has 0 radical (unpaired) electrons. The van der Waals surface area contributed by atoms with Crippen molar-refractivity contribution in [2.24, 2.45) is 7.05 Å². The van der Waals surface area contributed by atoms with E-state index in [1.165, 1.54) is 0 Å². The number of nitrogens with one attached hydrogen (secondary N) is 1. The second-order valence-electron chi connectivity index (χ2n) is 5.20. The Kier molecular flexibility index (Phi) is 4.68. The summed E-state index contributed by atoms with van der Waals surface area (Å²) in [4.78, 5) is 14.3. The lowest BCUT2D eigenvalue weighted by Crippen LogP contribution is -2.28. The second kappa shape index (κ2) is 6.29. The highest BCUT2D eigenvalue weighted by Crippen LogP contribution is 2.22. The van der Waals surface area contributed by atoms with Crippen molar-refractivity contribution in [2.45, 2.75) is 6.42 Å². The van der Waals surface area contributed by atoms with Gasteiger partial charge in [-0.05, 0) is 45.3 Å². The zero-order valence-electron chi connectivity index (χ0n) is 12.1. The van der Waals surface area contributed by atoms with Crippen molar-refractivity contribution < 1.29 is 4.79 Å². The summed E-state index contributed by atoms with van der Waals surface area (Å²) in [5.41, 5.74) is 1.63. The maximum atomic E-state index is 12.2. The van der Waals surface area contributed by atoms with E-state index in [2.05, 4.69) is 10.2 Å². The number of aromatic nitrogens is 1. The summed E-state index contributed by atoms with van der Waals surface area (Å²) in [5, 5.41) is 4.65. The first-order valence-corrected chi connectivity index (χ1v) is 7.05. The van der Waals surface area contributed by atoms with E-state index < -0.39 is 0 Å². The minimum absolute atomic E-state index is 0.0430. The molecule has 1 N–H and O–H groups in total. The first-order valence-electron chi connectivity index (χ1n) is 6.67. The van der Waals surface area contributed by atoms with E-state index >= 15 is 0 Å². The number of halogens is 1. The Bertz CT molecular complexity index is 619. The average molecular weight is 294 g/mol. The first-order chi connectivity index (χ1) is 9.49. The van der Waals surface area contributed by atoms with E-state index in [1.807, 2.05) is 50.0 Å². The summed E-state index contributed by atoms with van der Waals surface area (Å²) in [7, 11) is 5.93. The number of hydrogen-bond donors (Lipinski definition) is 1. The van der Waals surface area contributed by atoms with Crippen LogP contribution in [-0.2, 0) is 7.05 Å². The van der Waals surface area contributed by atoms with Crippen molar-refractivity contribution in [1.82, 2.24) is 14.8 Å². The Morgan fingerprint density at radius 3 is 2.80 bits per heavy atom. The van der Waals surface area contributed by atoms with Gasteiger partial charge in [0.15, 0.2) is 0 Å². The number of fused-ring (bicyclic) bond motifs is 1. The molecule has 0 aliphatic heterocycles. The number of carbonyl (C=O) groups excluding carboxylic acids is 1. The molecule has 2 aromatic rings. The Labute approximate surface area is 124 Å². The number of amides is 1. The van der Waals surface area contributed by atoms with E-state index in [9.17, 15) is 4.79 Å². The SMILES string of the molecule is CN(C)CCCNC(=O)c1cc2ccc(Cl)cc2n1C. The van der Waals surface area contributed by atoms with Crippen LogP contribution in [0.1, 0.15) is 16.9 Å². The van der Waals surface area contributed by atoms with Gasteiger partial charge in [0.25, 0.3) is 5.91 Å². The average Bonchev–Trinajstić information content (AvgIpc) is 2.72. The van der Waals surface area contributed by atoms with Crippen molar-refractivity contribution in [1.29, 1.82) is 0 Å². The van der Waals surface area contributed by atoms with Crippen molar-refractivity contribution in [3.63, 3.8) is 0 Å². The monoisotopic (exact) mass is 293 g/mol. The Morgan fingerprint density at radius 2 is 2.10 bits per heavy atom. The minimum atomic E-state index is -0.0430. The number of carbonyl (C=O) groups is 1. The largest absolute Gasteiger partial charge is 0.351 e. The van der Waals surface area contributed by atoms with Gasteiger partial charge in [-0.3, -0.25) is 4.79 Å². The minimum Gasteiger partial charge on any atom is -0.351 e. The molecule has 0 saturated carbocycles. The molecule has 2 rings (SSSR count). The standard InChI is InChI=1S/C15H20ClN3O/c1-18(2)8-4-7-17-15(20)14-9-11-5-6-12(16)10-13(11)19(14)3/h5-6,9-10H,4,7-8H2,1-3H3,(H,17,20). The topological polar surface area (TPSA) is 37.3 Å². The van der Waals surface area contributed by atoms with Gasteiger partial charge in [-0.2, -0.15) is 0 Å². The molecule has 0 saturated heterocycles. The van der Waals surface area contributed by atoms with E-state index in [0.29, 0.717) is 17.3 Å². The molecule has 0 fully saturated rings. The van der Waals surface area contributed by atoms with Gasteiger partial charge < -0.3 is 14.8 Å². The fourth-order valence-electron chi connectivity index (χ4n) is 2.21. The Morgan fingerprint density at radius 1 is 1.35 bits per heavy atom. The number of hydrogen-bond acceptors (Lipinski definition) is 2. The van der Waals surface area contributed by atoms with Crippen LogP contribution in [0.25, 0.3) is 10.9 Å². The molecule has 5 heteroatoms. The van der Waals surface area contributed by atoms with E-state index in [4.69, 9.17) is 11.6 Å². The highest BCUT2D eigenvalue weighted by Gasteiger charge is 2.12. The molecule has 1 heterocycles. The van der Waals surface area contributed by atoms with Crippen molar-refractivity contribution in [3.8, 4) is 0 Å². The normalized spacial score (nSPS) is 11.2. The third-order valence-corrected chi connectivity index (χ3v) is 3.54. The number of benzene rings is 1. The zero-order valence-corrected chi connectivity index (χ0v) is 12.9. The lowest BCUT2D eigenvalue weighted by atomic mass is 10.2. The molecule has 0 unspecified atom stereocenters. The smallest absolute Gasteiger partial charge is 0.267 e. The quantitative estimate of drug-likeness (QED) is 0.860. The fourth-order valence-corrected chi connectivity index (χ4v) is 2.38. The van der Waals surface area contributed by atoms with Gasteiger partial charge in [-0.1, -0.05) is 17.7 Å². The lowest BCUT2D eigenvalue weighted by molar-refractivity contribution is 0.0944. The molecule has 1 amide bonds. The fraction of sp³-hybridized carbons (Fsp3) is 0.400. The molecule has 0 spiro atoms. The predicted octanol–water partition coefficient (Wildman–Crippen LogP) is 2.51. The number of nitrogens with zero attached hydrogens (tertiary/aromatic N) is 2. The van der Waals surface area contributed by atoms with Crippen LogP contribution in [0.4, 0.5) is 0 Å². The summed E-state index contributed by atoms with van der Waals surface area (Å²) in [6, 6.07) is 7.54. The number of aryl methyl sites for hydroxylation is 1. The van der Waals surface area contributed by atoms with Gasteiger partial charge in [0.1, 0.15) is 5.69 Å². The molecule has 0 bridgehead atoms. The maximum absolute atomic E-state index is 12.2. The first kappa shape index (κ1) is 14.9. The van der Waals surface area contributed by atoms with Gasteiger partial charge in [0, 0.05) is 29.5 Å². The summed E-state index contributed by atoms with van der Waals surface area (Å²) in [6.45, 7) is 1.64. The van der Waals surface area contributed by atoms with Gasteiger partial charge in [-0.15, -0.1) is 0 Å². The molecule has 1 aromatic heterocycles. The Hall–Kier alpha value is -1.52. The van der Waals surface area contributed by atoms with Crippen LogP contribution in [-0.4, -0.2) is 42.6 Å². The second-order valence-corrected chi connectivity index (χ2v) is 5.64. The van der Waals surface area contributed by atoms with Crippen LogP contribution in [0.2, 0.25) is 5.02 Å². The molecular formula is C15H20ClN3O. The predicted molar refractivity (Wildman–Crippen MR) is 83.4 cm³/mol. The van der Waals surface area contributed by atoms with Crippen LogP contribution in [0.15, 0.2) is 24.3 Å². The van der Waals surface area contributed by atoms with Crippen LogP contribution in [0.5, 0.6) is 0 Å². The highest BCUT2D eigenvalue weighted by molar-refractivity contribution is 6.31. The van der Waals surface area contributed by atoms with E-state index in [0.717, 1.165) is 23.9 Å². The van der Waals surface area contributed by atoms with Gasteiger partial charge in [-0.25, -0.2) is 0 Å². The third-order valence-electron chi connectivity index (χ3n) is 3.31. The van der Waals surface area contributed by atoms with E-state index in [1.54, 1.807) is 0 Å². The lowest BCUT2D eigenvalue weighted by Gasteiger charge is -2.10. The van der Waals surface area contributed by atoms with Crippen LogP contribution in [0, 0.1) is 0 Å². The molecule has 1 aromatic carbocycles. The third kappa shape index (κ3) is 3.32. The zero-order chi connectivity index (χ0) is 14.7. The van der Waals surface area contributed by atoms with Gasteiger partial charge in [0.05, 0.1) is 0 Å². The molecule has 0 aliphatic carbocycles. The number of rotatable bonds is 5. The molecular weight excluding hydrogens is 274 g/mol. The van der Waals surface area contributed by atoms with Crippen molar-refractivity contribution >= 4 is 28.4 Å². The maximum Gasteiger partial charge on any atom is 0.267 e. The molecule has 0 atom stereocenters. The molecule has 0 aliphatic rings. The summed E-state index contributed by atoms with van der Waals surface area (Å²) in [6.07, 6.45) is 0.939. The van der Waals surface area contributed by atoms with Gasteiger partial charge >= 0.3 is 0 Å².